The second kappa shape index (κ2) is 10.1. The molecule has 0 spiro atoms. The Kier molecular flexibility index (Phi) is 6.96. The molecule has 7 nitrogen and oxygen atoms in total. The highest BCUT2D eigenvalue weighted by Crippen LogP contribution is 2.44. The van der Waals surface area contributed by atoms with E-state index in [0.29, 0.717) is 25.8 Å². The minimum Gasteiger partial charge on any atom is -0.481 e. The van der Waals surface area contributed by atoms with Gasteiger partial charge in [0.05, 0.1) is 6.42 Å². The monoisotopic (exact) mass is 450 g/mol. The van der Waals surface area contributed by atoms with E-state index in [2.05, 4.69) is 29.6 Å². The first kappa shape index (κ1) is 22.8. The molecule has 1 aliphatic heterocycles. The second-order valence-electron chi connectivity index (χ2n) is 8.74. The van der Waals surface area contributed by atoms with Crippen molar-refractivity contribution in [1.82, 2.24) is 10.2 Å². The number of aliphatic carboxylic acids is 1. The van der Waals surface area contributed by atoms with E-state index in [1.165, 1.54) is 0 Å². The maximum Gasteiger partial charge on any atom is 0.407 e. The lowest BCUT2D eigenvalue weighted by molar-refractivity contribution is -0.140. The summed E-state index contributed by atoms with van der Waals surface area (Å²) in [6.45, 7) is 2.64. The van der Waals surface area contributed by atoms with E-state index in [0.717, 1.165) is 28.7 Å². The number of alkyl carbamates (subject to hydrolysis) is 1. The predicted octanol–water partition coefficient (Wildman–Crippen LogP) is 4.16. The SMILES string of the molecule is CCCC(NC(=O)OCC1c2ccccc2-c2ccccc21)C(=O)N1CCC[C@@H]1CC(=O)O. The Morgan fingerprint density at radius 3 is 2.33 bits per heavy atom. The highest BCUT2D eigenvalue weighted by atomic mass is 16.5. The molecule has 2 N–H and O–H groups in total. The first-order valence-corrected chi connectivity index (χ1v) is 11.6. The minimum absolute atomic E-state index is 0.0537. The molecule has 2 amide bonds. The molecule has 0 bridgehead atoms. The van der Waals surface area contributed by atoms with Crippen molar-refractivity contribution in [3.63, 3.8) is 0 Å². The van der Waals surface area contributed by atoms with Crippen molar-refractivity contribution in [3.05, 3.63) is 59.7 Å². The van der Waals surface area contributed by atoms with Crippen LogP contribution in [0.5, 0.6) is 0 Å². The van der Waals surface area contributed by atoms with Gasteiger partial charge in [-0.2, -0.15) is 0 Å². The van der Waals surface area contributed by atoms with E-state index in [4.69, 9.17) is 9.84 Å². The number of hydrogen-bond acceptors (Lipinski definition) is 4. The van der Waals surface area contributed by atoms with Gasteiger partial charge in [0.25, 0.3) is 0 Å². The van der Waals surface area contributed by atoms with E-state index >= 15 is 0 Å². The summed E-state index contributed by atoms with van der Waals surface area (Å²) in [5, 5.41) is 11.9. The lowest BCUT2D eigenvalue weighted by Crippen LogP contribution is -2.50. The fourth-order valence-corrected chi connectivity index (χ4v) is 5.07. The fourth-order valence-electron chi connectivity index (χ4n) is 5.07. The number of carboxylic acid groups (broad SMARTS) is 1. The number of rotatable bonds is 8. The van der Waals surface area contributed by atoms with Crippen molar-refractivity contribution in [2.75, 3.05) is 13.2 Å². The molecule has 2 aromatic carbocycles. The zero-order valence-corrected chi connectivity index (χ0v) is 18.8. The highest BCUT2D eigenvalue weighted by molar-refractivity contribution is 5.86. The average Bonchev–Trinajstić information content (AvgIpc) is 3.39. The number of carbonyl (C=O) groups is 3. The van der Waals surface area contributed by atoms with Crippen LogP contribution in [0.1, 0.15) is 56.1 Å². The van der Waals surface area contributed by atoms with E-state index in [-0.39, 0.29) is 30.9 Å². The molecule has 4 rings (SSSR count). The number of hydrogen-bond donors (Lipinski definition) is 2. The number of carbonyl (C=O) groups excluding carboxylic acids is 2. The van der Waals surface area contributed by atoms with Crippen LogP contribution in [0.2, 0.25) is 0 Å². The van der Waals surface area contributed by atoms with Gasteiger partial charge in [-0.15, -0.1) is 0 Å². The smallest absolute Gasteiger partial charge is 0.407 e. The van der Waals surface area contributed by atoms with Gasteiger partial charge in [0.15, 0.2) is 0 Å². The van der Waals surface area contributed by atoms with Crippen LogP contribution < -0.4 is 5.32 Å². The number of benzene rings is 2. The number of fused-ring (bicyclic) bond motifs is 3. The molecule has 2 aliphatic rings. The van der Waals surface area contributed by atoms with E-state index in [1.54, 1.807) is 4.90 Å². The normalized spacial score (nSPS) is 17.8. The van der Waals surface area contributed by atoms with Crippen molar-refractivity contribution >= 4 is 18.0 Å². The van der Waals surface area contributed by atoms with Gasteiger partial charge in [0.2, 0.25) is 5.91 Å². The molecular weight excluding hydrogens is 420 g/mol. The third-order valence-corrected chi connectivity index (χ3v) is 6.58. The molecule has 33 heavy (non-hydrogen) atoms. The van der Waals surface area contributed by atoms with Crippen LogP contribution >= 0.6 is 0 Å². The van der Waals surface area contributed by atoms with Crippen molar-refractivity contribution in [2.24, 2.45) is 0 Å². The molecule has 0 radical (unpaired) electrons. The molecule has 1 saturated heterocycles. The Hall–Kier alpha value is -3.35. The molecule has 174 valence electrons. The van der Waals surface area contributed by atoms with Gasteiger partial charge in [-0.1, -0.05) is 61.9 Å². The van der Waals surface area contributed by atoms with Crippen LogP contribution in [0.15, 0.2) is 48.5 Å². The zero-order valence-electron chi connectivity index (χ0n) is 18.8. The summed E-state index contributed by atoms with van der Waals surface area (Å²) in [4.78, 5) is 38.6. The Labute approximate surface area is 193 Å². The summed E-state index contributed by atoms with van der Waals surface area (Å²) in [6, 6.07) is 15.2. The Balaban J connectivity index is 1.41. The topological polar surface area (TPSA) is 95.9 Å². The van der Waals surface area contributed by atoms with Crippen LogP contribution in [0.3, 0.4) is 0 Å². The van der Waals surface area contributed by atoms with Gasteiger partial charge in [-0.3, -0.25) is 9.59 Å². The third-order valence-electron chi connectivity index (χ3n) is 6.58. The van der Waals surface area contributed by atoms with Crippen molar-refractivity contribution in [3.8, 4) is 11.1 Å². The van der Waals surface area contributed by atoms with E-state index < -0.39 is 18.1 Å². The van der Waals surface area contributed by atoms with Crippen molar-refractivity contribution in [1.29, 1.82) is 0 Å². The molecule has 0 aromatic heterocycles. The fraction of sp³-hybridized carbons (Fsp3) is 0.423. The summed E-state index contributed by atoms with van der Waals surface area (Å²) < 4.78 is 5.61. The number of amides is 2. The number of nitrogens with zero attached hydrogens (tertiary/aromatic N) is 1. The van der Waals surface area contributed by atoms with Gasteiger partial charge in [-0.05, 0) is 41.5 Å². The van der Waals surface area contributed by atoms with Crippen LogP contribution in [-0.2, 0) is 14.3 Å². The zero-order chi connectivity index (χ0) is 23.4. The van der Waals surface area contributed by atoms with E-state index in [1.807, 2.05) is 31.2 Å². The molecule has 1 unspecified atom stereocenters. The standard InChI is InChI=1S/C26H30N2O5/c1-2-8-23(25(31)28-14-7-9-17(28)15-24(29)30)27-26(32)33-16-22-20-12-5-3-10-18(20)19-11-4-6-13-21(19)22/h3-6,10-13,17,22-23H,2,7-9,14-16H2,1H3,(H,27,32)(H,29,30)/t17-,23?/m1/s1. The lowest BCUT2D eigenvalue weighted by atomic mass is 9.98. The average molecular weight is 451 g/mol. The van der Waals surface area contributed by atoms with Gasteiger partial charge in [0.1, 0.15) is 12.6 Å². The molecular formula is C26H30N2O5. The molecule has 1 aliphatic carbocycles. The predicted molar refractivity (Wildman–Crippen MR) is 124 cm³/mol. The number of carboxylic acids is 1. The quantitative estimate of drug-likeness (QED) is 0.630. The first-order chi connectivity index (χ1) is 16.0. The molecule has 2 aromatic rings. The highest BCUT2D eigenvalue weighted by Gasteiger charge is 2.35. The molecule has 2 atom stereocenters. The van der Waals surface area contributed by atoms with Gasteiger partial charge >= 0.3 is 12.1 Å². The molecule has 1 heterocycles. The van der Waals surface area contributed by atoms with Crippen LogP contribution in [-0.4, -0.2) is 53.2 Å². The molecule has 7 heteroatoms. The molecule has 0 saturated carbocycles. The summed E-state index contributed by atoms with van der Waals surface area (Å²) in [7, 11) is 0. The summed E-state index contributed by atoms with van der Waals surface area (Å²) in [6.07, 6.45) is 1.92. The maximum atomic E-state index is 13.1. The summed E-state index contributed by atoms with van der Waals surface area (Å²) in [5.41, 5.74) is 4.56. The third kappa shape index (κ3) is 4.87. The lowest BCUT2D eigenvalue weighted by Gasteiger charge is -2.28. The van der Waals surface area contributed by atoms with Crippen LogP contribution in [0.25, 0.3) is 11.1 Å². The number of nitrogens with one attached hydrogen (secondary N) is 1. The van der Waals surface area contributed by atoms with Gasteiger partial charge in [-0.25, -0.2) is 4.79 Å². The number of ether oxygens (including phenoxy) is 1. The van der Waals surface area contributed by atoms with Gasteiger partial charge in [0, 0.05) is 18.5 Å². The largest absolute Gasteiger partial charge is 0.481 e. The Morgan fingerprint density at radius 1 is 1.09 bits per heavy atom. The van der Waals surface area contributed by atoms with E-state index in [9.17, 15) is 14.4 Å². The second-order valence-corrected chi connectivity index (χ2v) is 8.74. The van der Waals surface area contributed by atoms with Crippen LogP contribution in [0, 0.1) is 0 Å². The minimum atomic E-state index is -0.920. The number of likely N-dealkylation sites (tertiary alicyclic amines) is 1. The summed E-state index contributed by atoms with van der Waals surface area (Å²) >= 11 is 0. The van der Waals surface area contributed by atoms with Crippen LogP contribution in [0.4, 0.5) is 4.79 Å². The maximum absolute atomic E-state index is 13.1. The van der Waals surface area contributed by atoms with Gasteiger partial charge < -0.3 is 20.1 Å². The summed E-state index contributed by atoms with van der Waals surface area (Å²) in [5.74, 6) is -1.20. The Morgan fingerprint density at radius 2 is 1.73 bits per heavy atom. The van der Waals surface area contributed by atoms with Crippen molar-refractivity contribution < 1.29 is 24.2 Å². The first-order valence-electron chi connectivity index (χ1n) is 11.6. The Bertz CT molecular complexity index is 991. The van der Waals surface area contributed by atoms with Crippen molar-refractivity contribution in [2.45, 2.75) is 57.0 Å². The molecule has 1 fully saturated rings.